The van der Waals surface area contributed by atoms with Gasteiger partial charge in [-0.05, 0) is 0 Å². The summed E-state index contributed by atoms with van der Waals surface area (Å²) in [7, 11) is 0. The van der Waals surface area contributed by atoms with E-state index in [9.17, 15) is 92.2 Å². The summed E-state index contributed by atoms with van der Waals surface area (Å²) in [6.07, 6.45) is -7.99. The van der Waals surface area contributed by atoms with Crippen LogP contribution in [0.4, 0.5) is 92.2 Å². The Morgan fingerprint density at radius 3 is 0.829 bits per heavy atom. The highest BCUT2D eigenvalue weighted by atomic mass is 32.2. The van der Waals surface area contributed by atoms with Gasteiger partial charge < -0.3 is 5.73 Å². The summed E-state index contributed by atoms with van der Waals surface area (Å²) < 4.78 is 274. The lowest BCUT2D eigenvalue weighted by Crippen LogP contribution is -2.76. The molecular weight excluding hydrogens is 589 g/mol. The molecule has 0 spiro atoms. The predicted octanol–water partition coefficient (Wildman–Crippen LogP) is 6.92. The van der Waals surface area contributed by atoms with Gasteiger partial charge in [0.05, 0.1) is 0 Å². The van der Waals surface area contributed by atoms with Crippen LogP contribution in [0, 0.1) is 0 Å². The zero-order chi connectivity index (χ0) is 29.1. The van der Waals surface area contributed by atoms with E-state index in [-0.39, 0.29) is 0 Å². The van der Waals surface area contributed by atoms with Crippen LogP contribution in [-0.2, 0) is 0 Å². The van der Waals surface area contributed by atoms with Crippen molar-refractivity contribution in [2.75, 3.05) is 12.3 Å². The minimum absolute atomic E-state index is 1.12. The molecule has 0 aromatic heterocycles. The summed E-state index contributed by atoms with van der Waals surface area (Å²) in [6.45, 7) is -1.12. The second-order valence-electron chi connectivity index (χ2n) is 6.25. The van der Waals surface area contributed by atoms with Crippen molar-refractivity contribution in [3.63, 3.8) is 0 Å². The third kappa shape index (κ3) is 4.34. The molecule has 0 unspecified atom stereocenters. The lowest BCUT2D eigenvalue weighted by molar-refractivity contribution is -0.472. The van der Waals surface area contributed by atoms with E-state index in [0.717, 1.165) is 0 Å². The van der Waals surface area contributed by atoms with E-state index in [0.29, 0.717) is 0 Å². The number of rotatable bonds is 11. The van der Waals surface area contributed by atoms with Crippen molar-refractivity contribution in [3.05, 3.63) is 0 Å². The molecule has 0 saturated carbocycles. The van der Waals surface area contributed by atoms with Gasteiger partial charge >= 0.3 is 58.8 Å². The normalized spacial score (nSPS) is 16.6. The van der Waals surface area contributed by atoms with E-state index < -0.39 is 82.9 Å². The number of halogens is 21. The van der Waals surface area contributed by atoms with Crippen LogP contribution in [-0.4, -0.2) is 71.1 Å². The maximum atomic E-state index is 13.5. The molecule has 1 nitrogen and oxygen atoms in total. The van der Waals surface area contributed by atoms with E-state index in [1.54, 1.807) is 0 Å². The Balaban J connectivity index is 6.97. The highest BCUT2D eigenvalue weighted by molar-refractivity contribution is 8.00. The van der Waals surface area contributed by atoms with E-state index >= 15 is 0 Å². The molecule has 0 fully saturated rings. The number of thioether (sulfide) groups is 1. The molecule has 0 aliphatic rings. The van der Waals surface area contributed by atoms with E-state index in [4.69, 9.17) is 0 Å². The first-order chi connectivity index (χ1) is 14.8. The summed E-state index contributed by atoms with van der Waals surface area (Å²) in [4.78, 5) is 0. The van der Waals surface area contributed by atoms with Crippen molar-refractivity contribution < 1.29 is 92.2 Å². The molecule has 0 saturated heterocycles. The number of hydrogen-bond acceptors (Lipinski definition) is 2. The molecule has 0 aromatic carbocycles. The highest BCUT2D eigenvalue weighted by Crippen LogP contribution is 2.66. The Labute approximate surface area is 182 Å². The smallest absolute Gasteiger partial charge is 0.330 e. The van der Waals surface area contributed by atoms with Gasteiger partial charge in [0, 0.05) is 12.3 Å². The summed E-state index contributed by atoms with van der Waals surface area (Å²) >= 11 is -1.78. The molecule has 23 heteroatoms. The molecule has 0 aliphatic carbocycles. The van der Waals surface area contributed by atoms with Gasteiger partial charge in [-0.15, -0.1) is 0 Å². The molecule has 0 amide bonds. The van der Waals surface area contributed by atoms with Crippen LogP contribution in [0.15, 0.2) is 0 Å². The van der Waals surface area contributed by atoms with Gasteiger partial charge in [-0.3, -0.25) is 0 Å². The van der Waals surface area contributed by atoms with Crippen molar-refractivity contribution in [2.24, 2.45) is 5.73 Å². The number of alkyl halides is 21. The quantitative estimate of drug-likeness (QED) is 0.263. The molecule has 0 heterocycles. The molecule has 0 atom stereocenters. The van der Waals surface area contributed by atoms with Crippen LogP contribution >= 0.6 is 11.8 Å². The minimum Gasteiger partial charge on any atom is -0.330 e. The topological polar surface area (TPSA) is 26.0 Å². The zero-order valence-corrected chi connectivity index (χ0v) is 16.2. The van der Waals surface area contributed by atoms with Crippen molar-refractivity contribution in [1.82, 2.24) is 0 Å². The first-order valence-corrected chi connectivity index (χ1v) is 8.61. The average molecular weight is 595 g/mol. The fourth-order valence-electron chi connectivity index (χ4n) is 1.82. The second kappa shape index (κ2) is 8.71. The van der Waals surface area contributed by atoms with E-state index in [1.807, 2.05) is 0 Å². The van der Waals surface area contributed by atoms with Gasteiger partial charge in [0.25, 0.3) is 0 Å². The van der Waals surface area contributed by atoms with Crippen LogP contribution in [0.5, 0.6) is 0 Å². The Morgan fingerprint density at radius 2 is 0.600 bits per heavy atom. The second-order valence-corrected chi connectivity index (χ2v) is 7.46. The standard InChI is InChI=1S/C12H6F21NS/c13-3(14,5(17,18)7(21,22)9(25,26)11(29,30)31)4(15,16)6(19,20)8(23,24)10(27,28)12(32,33)35-2-1-34/h1-2,34H2. The minimum atomic E-state index is -9.15. The van der Waals surface area contributed by atoms with Gasteiger partial charge in [0.2, 0.25) is 0 Å². The van der Waals surface area contributed by atoms with Crippen LogP contribution < -0.4 is 5.73 Å². The Hall–Kier alpha value is -1.16. The molecule has 2 N–H and O–H groups in total. The largest absolute Gasteiger partial charge is 0.460 e. The van der Waals surface area contributed by atoms with Gasteiger partial charge in [-0.25, -0.2) is 0 Å². The average Bonchev–Trinajstić information content (AvgIpc) is 2.64. The monoisotopic (exact) mass is 595 g/mol. The van der Waals surface area contributed by atoms with Crippen molar-refractivity contribution >= 4 is 11.8 Å². The molecule has 0 aromatic rings. The first-order valence-electron chi connectivity index (χ1n) is 7.62. The van der Waals surface area contributed by atoms with E-state index in [2.05, 4.69) is 5.73 Å². The summed E-state index contributed by atoms with van der Waals surface area (Å²) in [5.74, 6) is -71.6. The third-order valence-corrected chi connectivity index (χ3v) is 4.94. The number of nitrogens with two attached hydrogens (primary N) is 1. The van der Waals surface area contributed by atoms with E-state index in [1.165, 1.54) is 0 Å². The van der Waals surface area contributed by atoms with Gasteiger partial charge in [-0.2, -0.15) is 92.2 Å². The lowest BCUT2D eigenvalue weighted by Gasteiger charge is -2.44. The lowest BCUT2D eigenvalue weighted by atomic mass is 9.87. The van der Waals surface area contributed by atoms with Gasteiger partial charge in [-0.1, -0.05) is 11.8 Å². The predicted molar refractivity (Wildman–Crippen MR) is 72.1 cm³/mol. The third-order valence-electron chi connectivity index (χ3n) is 3.88. The molecule has 0 rings (SSSR count). The molecule has 0 radical (unpaired) electrons. The summed E-state index contributed by atoms with van der Waals surface area (Å²) in [6, 6.07) is 0. The van der Waals surface area contributed by atoms with Gasteiger partial charge in [0.15, 0.2) is 0 Å². The van der Waals surface area contributed by atoms with Crippen molar-refractivity contribution in [2.45, 2.75) is 58.8 Å². The number of hydrogen-bond donors (Lipinski definition) is 1. The summed E-state index contributed by atoms with van der Waals surface area (Å²) in [5.41, 5.74) is 4.50. The molecule has 0 bridgehead atoms. The van der Waals surface area contributed by atoms with Crippen molar-refractivity contribution in [1.29, 1.82) is 0 Å². The summed E-state index contributed by atoms with van der Waals surface area (Å²) in [5, 5.41) is -6.64. The highest BCUT2D eigenvalue weighted by Gasteiger charge is 2.97. The van der Waals surface area contributed by atoms with Crippen LogP contribution in [0.25, 0.3) is 0 Å². The van der Waals surface area contributed by atoms with Crippen LogP contribution in [0.2, 0.25) is 0 Å². The Kier molecular flexibility index (Phi) is 8.42. The van der Waals surface area contributed by atoms with Gasteiger partial charge in [0.1, 0.15) is 0 Å². The fraction of sp³-hybridized carbons (Fsp3) is 1.00. The van der Waals surface area contributed by atoms with Crippen LogP contribution in [0.3, 0.4) is 0 Å². The molecule has 0 aliphatic heterocycles. The maximum absolute atomic E-state index is 13.5. The molecular formula is C12H6F21NS. The van der Waals surface area contributed by atoms with Crippen LogP contribution in [0.1, 0.15) is 0 Å². The van der Waals surface area contributed by atoms with Crippen molar-refractivity contribution in [3.8, 4) is 0 Å². The maximum Gasteiger partial charge on any atom is 0.460 e. The Morgan fingerprint density at radius 1 is 0.371 bits per heavy atom. The fourth-order valence-corrected chi connectivity index (χ4v) is 2.51. The molecule has 212 valence electrons. The zero-order valence-electron chi connectivity index (χ0n) is 15.3. The Bertz CT molecular complexity index is 752. The first kappa shape index (κ1) is 33.8. The molecule has 35 heavy (non-hydrogen) atoms. The SMILES string of the molecule is NCCSC(F)(F)C(F)(F)C(F)(F)C(F)(F)C(F)(F)C(F)(F)C(F)(F)C(F)(F)C(F)(F)C(F)(F)F.